The number of aryl methyl sites for hydroxylation is 3. The summed E-state index contributed by atoms with van der Waals surface area (Å²) in [7, 11) is 0. The minimum Gasteiger partial charge on any atom is -0.302 e. The first kappa shape index (κ1) is 12.8. The van der Waals surface area contributed by atoms with Crippen molar-refractivity contribution in [1.82, 2.24) is 4.98 Å². The van der Waals surface area contributed by atoms with Gasteiger partial charge in [0.1, 0.15) is 0 Å². The second-order valence-electron chi connectivity index (χ2n) is 4.44. The molecule has 0 aliphatic carbocycles. The summed E-state index contributed by atoms with van der Waals surface area (Å²) in [5.41, 5.74) is 4.67. The van der Waals surface area contributed by atoms with E-state index in [9.17, 15) is 4.79 Å². The van der Waals surface area contributed by atoms with Crippen molar-refractivity contribution in [3.05, 3.63) is 46.0 Å². The molecule has 0 bridgehead atoms. The highest BCUT2D eigenvalue weighted by atomic mass is 32.1. The lowest BCUT2D eigenvalue weighted by molar-refractivity contribution is -0.115. The molecule has 0 aliphatic heterocycles. The summed E-state index contributed by atoms with van der Waals surface area (Å²) in [5, 5.41) is 5.31. The molecule has 0 unspecified atom stereocenters. The van der Waals surface area contributed by atoms with Crippen molar-refractivity contribution in [2.24, 2.45) is 0 Å². The first-order valence-electron chi connectivity index (χ1n) is 5.82. The largest absolute Gasteiger partial charge is 0.302 e. The van der Waals surface area contributed by atoms with E-state index in [0.717, 1.165) is 5.56 Å². The van der Waals surface area contributed by atoms with Gasteiger partial charge in [-0.3, -0.25) is 4.79 Å². The van der Waals surface area contributed by atoms with Crippen molar-refractivity contribution in [3.63, 3.8) is 0 Å². The van der Waals surface area contributed by atoms with Crippen LogP contribution in [0.2, 0.25) is 0 Å². The van der Waals surface area contributed by atoms with Gasteiger partial charge < -0.3 is 5.32 Å². The Morgan fingerprint density at radius 1 is 1.28 bits per heavy atom. The third-order valence-electron chi connectivity index (χ3n) is 2.86. The van der Waals surface area contributed by atoms with Crippen LogP contribution in [0.15, 0.2) is 23.7 Å². The smallest absolute Gasteiger partial charge is 0.230 e. The van der Waals surface area contributed by atoms with Gasteiger partial charge >= 0.3 is 0 Å². The molecule has 4 heteroatoms. The average Bonchev–Trinajstić information content (AvgIpc) is 2.76. The molecule has 0 spiro atoms. The lowest BCUT2D eigenvalue weighted by Gasteiger charge is -2.10. The molecule has 1 amide bonds. The summed E-state index contributed by atoms with van der Waals surface area (Å²) in [5.74, 6) is -0.0139. The predicted octanol–water partition coefficient (Wildman–Crippen LogP) is 3.25. The van der Waals surface area contributed by atoms with Crippen LogP contribution in [0.5, 0.6) is 0 Å². The van der Waals surface area contributed by atoms with Gasteiger partial charge in [0, 0.05) is 11.6 Å². The minimum atomic E-state index is -0.0139. The molecule has 0 atom stereocenters. The van der Waals surface area contributed by atoms with Gasteiger partial charge in [0.15, 0.2) is 5.13 Å². The van der Waals surface area contributed by atoms with Gasteiger partial charge in [-0.2, -0.15) is 0 Å². The van der Waals surface area contributed by atoms with Gasteiger partial charge in [-0.25, -0.2) is 4.98 Å². The number of hydrogen-bond donors (Lipinski definition) is 1. The molecule has 0 radical (unpaired) electrons. The molecule has 94 valence electrons. The Bertz CT molecular complexity index is 538. The van der Waals surface area contributed by atoms with Crippen molar-refractivity contribution in [2.75, 3.05) is 5.32 Å². The number of carbonyl (C=O) groups excluding carboxylic acids is 1. The van der Waals surface area contributed by atoms with Crippen LogP contribution < -0.4 is 5.32 Å². The zero-order valence-electron chi connectivity index (χ0n) is 10.8. The fourth-order valence-electron chi connectivity index (χ4n) is 2.10. The Kier molecular flexibility index (Phi) is 3.77. The van der Waals surface area contributed by atoms with Crippen LogP contribution in [0.3, 0.4) is 0 Å². The molecule has 0 saturated heterocycles. The van der Waals surface area contributed by atoms with Gasteiger partial charge in [0.05, 0.1) is 6.42 Å². The maximum Gasteiger partial charge on any atom is 0.230 e. The quantitative estimate of drug-likeness (QED) is 0.920. The molecule has 2 rings (SSSR count). The van der Waals surface area contributed by atoms with E-state index in [1.807, 2.05) is 19.2 Å². The van der Waals surface area contributed by atoms with Gasteiger partial charge in [-0.05, 0) is 37.5 Å². The Morgan fingerprint density at radius 3 is 2.50 bits per heavy atom. The van der Waals surface area contributed by atoms with Crippen molar-refractivity contribution >= 4 is 22.4 Å². The van der Waals surface area contributed by atoms with Crippen LogP contribution in [-0.2, 0) is 11.2 Å². The zero-order valence-corrected chi connectivity index (χ0v) is 11.6. The number of aromatic nitrogens is 1. The fourth-order valence-corrected chi connectivity index (χ4v) is 2.64. The van der Waals surface area contributed by atoms with Crippen molar-refractivity contribution < 1.29 is 4.79 Å². The molecule has 0 aliphatic rings. The molecule has 1 heterocycles. The number of amides is 1. The van der Waals surface area contributed by atoms with Crippen LogP contribution in [0.25, 0.3) is 0 Å². The number of nitrogens with one attached hydrogen (secondary N) is 1. The molecule has 2 aromatic rings. The van der Waals surface area contributed by atoms with E-state index in [-0.39, 0.29) is 5.91 Å². The van der Waals surface area contributed by atoms with Crippen LogP contribution in [0.1, 0.15) is 22.3 Å². The van der Waals surface area contributed by atoms with Gasteiger partial charge in [0.2, 0.25) is 5.91 Å². The minimum absolute atomic E-state index is 0.0139. The summed E-state index contributed by atoms with van der Waals surface area (Å²) >= 11 is 1.43. The summed E-state index contributed by atoms with van der Waals surface area (Å²) < 4.78 is 0. The van der Waals surface area contributed by atoms with Crippen LogP contribution >= 0.6 is 11.3 Å². The first-order chi connectivity index (χ1) is 8.56. The van der Waals surface area contributed by atoms with Crippen molar-refractivity contribution in [2.45, 2.75) is 27.2 Å². The van der Waals surface area contributed by atoms with E-state index in [4.69, 9.17) is 0 Å². The van der Waals surface area contributed by atoms with Gasteiger partial charge in [-0.1, -0.05) is 17.7 Å². The molecule has 3 nitrogen and oxygen atoms in total. The van der Waals surface area contributed by atoms with Crippen LogP contribution in [-0.4, -0.2) is 10.9 Å². The maximum absolute atomic E-state index is 11.9. The molecular weight excluding hydrogens is 244 g/mol. The van der Waals surface area contributed by atoms with E-state index in [1.54, 1.807) is 6.20 Å². The van der Waals surface area contributed by atoms with E-state index < -0.39 is 0 Å². The molecule has 1 aromatic heterocycles. The van der Waals surface area contributed by atoms with Crippen molar-refractivity contribution in [3.8, 4) is 0 Å². The number of anilines is 1. The first-order valence-corrected chi connectivity index (χ1v) is 6.70. The maximum atomic E-state index is 11.9. The highest BCUT2D eigenvalue weighted by Gasteiger charge is 2.10. The SMILES string of the molecule is Cc1cc(C)c(CC(=O)Nc2nccs2)c(C)c1. The van der Waals surface area contributed by atoms with E-state index in [1.165, 1.54) is 28.0 Å². The number of nitrogens with zero attached hydrogens (tertiary/aromatic N) is 1. The van der Waals surface area contributed by atoms with Crippen LogP contribution in [0.4, 0.5) is 5.13 Å². The van der Waals surface area contributed by atoms with Crippen LogP contribution in [0, 0.1) is 20.8 Å². The second kappa shape index (κ2) is 5.31. The summed E-state index contributed by atoms with van der Waals surface area (Å²) in [6.45, 7) is 6.16. The van der Waals surface area contributed by atoms with E-state index in [0.29, 0.717) is 11.6 Å². The monoisotopic (exact) mass is 260 g/mol. The zero-order chi connectivity index (χ0) is 13.1. The number of hydrogen-bond acceptors (Lipinski definition) is 3. The average molecular weight is 260 g/mol. The standard InChI is InChI=1S/C14H16N2OS/c1-9-6-10(2)12(11(3)7-9)8-13(17)16-14-15-4-5-18-14/h4-7H,8H2,1-3H3,(H,15,16,17). The number of carbonyl (C=O) groups is 1. The Balaban J connectivity index is 2.12. The Morgan fingerprint density at radius 2 is 1.94 bits per heavy atom. The van der Waals surface area contributed by atoms with E-state index in [2.05, 4.69) is 29.4 Å². The number of thiazole rings is 1. The number of rotatable bonds is 3. The molecule has 1 aromatic carbocycles. The summed E-state index contributed by atoms with van der Waals surface area (Å²) in [6.07, 6.45) is 2.08. The molecule has 1 N–H and O–H groups in total. The lowest BCUT2D eigenvalue weighted by atomic mass is 9.97. The second-order valence-corrected chi connectivity index (χ2v) is 5.33. The normalized spacial score (nSPS) is 10.4. The molecular formula is C14H16N2OS. The Labute approximate surface area is 111 Å². The molecule has 0 fully saturated rings. The van der Waals surface area contributed by atoms with Gasteiger partial charge in [-0.15, -0.1) is 11.3 Å². The third kappa shape index (κ3) is 2.96. The highest BCUT2D eigenvalue weighted by molar-refractivity contribution is 7.13. The molecule has 18 heavy (non-hydrogen) atoms. The van der Waals surface area contributed by atoms with Gasteiger partial charge in [0.25, 0.3) is 0 Å². The molecule has 0 saturated carbocycles. The highest BCUT2D eigenvalue weighted by Crippen LogP contribution is 2.18. The number of benzene rings is 1. The van der Waals surface area contributed by atoms with E-state index >= 15 is 0 Å². The third-order valence-corrected chi connectivity index (χ3v) is 3.54. The fraction of sp³-hybridized carbons (Fsp3) is 0.286. The summed E-state index contributed by atoms with van der Waals surface area (Å²) in [6, 6.07) is 4.22. The van der Waals surface area contributed by atoms with Crippen molar-refractivity contribution in [1.29, 1.82) is 0 Å². The Hall–Kier alpha value is -1.68. The summed E-state index contributed by atoms with van der Waals surface area (Å²) in [4.78, 5) is 16.0. The topological polar surface area (TPSA) is 42.0 Å². The predicted molar refractivity (Wildman–Crippen MR) is 75.1 cm³/mol. The lowest BCUT2D eigenvalue weighted by Crippen LogP contribution is -2.15.